The Morgan fingerprint density at radius 1 is 1.38 bits per heavy atom. The van der Waals surface area contributed by atoms with Crippen molar-refractivity contribution >= 4 is 0 Å². The van der Waals surface area contributed by atoms with E-state index >= 15 is 0 Å². The van der Waals surface area contributed by atoms with Gasteiger partial charge in [0.05, 0.1) is 6.20 Å². The van der Waals surface area contributed by atoms with E-state index in [0.717, 1.165) is 26.2 Å². The zero-order valence-corrected chi connectivity index (χ0v) is 10.3. The highest BCUT2D eigenvalue weighted by atomic mass is 15.2. The molecule has 1 aromatic heterocycles. The Morgan fingerprint density at radius 2 is 2.25 bits per heavy atom. The maximum atomic E-state index is 4.17. The SMILES string of the molecule is CC(C)c1[nH]ncc1CN1CCCNCC1. The fourth-order valence-electron chi connectivity index (χ4n) is 2.25. The molecule has 1 aliphatic heterocycles. The maximum Gasteiger partial charge on any atom is 0.0535 e. The molecule has 1 fully saturated rings. The first-order valence-corrected chi connectivity index (χ1v) is 6.22. The third-order valence-corrected chi connectivity index (χ3v) is 3.16. The summed E-state index contributed by atoms with van der Waals surface area (Å²) in [6.07, 6.45) is 3.22. The average Bonchev–Trinajstić information content (AvgIpc) is 2.55. The van der Waals surface area contributed by atoms with E-state index in [2.05, 4.69) is 34.3 Å². The molecule has 1 aromatic rings. The Hall–Kier alpha value is -0.870. The summed E-state index contributed by atoms with van der Waals surface area (Å²) < 4.78 is 0. The van der Waals surface area contributed by atoms with Gasteiger partial charge in [0.25, 0.3) is 0 Å². The second-order valence-electron chi connectivity index (χ2n) is 4.84. The minimum Gasteiger partial charge on any atom is -0.315 e. The zero-order chi connectivity index (χ0) is 11.4. The number of hydrogen-bond acceptors (Lipinski definition) is 3. The molecule has 0 spiro atoms. The summed E-state index contributed by atoms with van der Waals surface area (Å²) in [6, 6.07) is 0. The van der Waals surface area contributed by atoms with Crippen LogP contribution in [0.4, 0.5) is 0 Å². The van der Waals surface area contributed by atoms with Crippen molar-refractivity contribution in [3.63, 3.8) is 0 Å². The first kappa shape index (κ1) is 11.6. The summed E-state index contributed by atoms with van der Waals surface area (Å²) in [5, 5.41) is 10.7. The van der Waals surface area contributed by atoms with Gasteiger partial charge in [0.15, 0.2) is 0 Å². The van der Waals surface area contributed by atoms with Gasteiger partial charge in [-0.15, -0.1) is 0 Å². The summed E-state index contributed by atoms with van der Waals surface area (Å²) in [4.78, 5) is 2.51. The summed E-state index contributed by atoms with van der Waals surface area (Å²) >= 11 is 0. The number of aromatic nitrogens is 2. The molecule has 16 heavy (non-hydrogen) atoms. The van der Waals surface area contributed by atoms with Gasteiger partial charge in [-0.1, -0.05) is 13.8 Å². The Balaban J connectivity index is 1.99. The fraction of sp³-hybridized carbons (Fsp3) is 0.750. The predicted octanol–water partition coefficient (Wildman–Crippen LogP) is 1.33. The van der Waals surface area contributed by atoms with Crippen LogP contribution in [0.3, 0.4) is 0 Å². The van der Waals surface area contributed by atoms with E-state index in [1.807, 2.05) is 6.20 Å². The van der Waals surface area contributed by atoms with Gasteiger partial charge in [-0.2, -0.15) is 5.10 Å². The van der Waals surface area contributed by atoms with Gasteiger partial charge in [-0.3, -0.25) is 10.00 Å². The van der Waals surface area contributed by atoms with Crippen LogP contribution in [0, 0.1) is 0 Å². The second kappa shape index (κ2) is 5.46. The Morgan fingerprint density at radius 3 is 3.06 bits per heavy atom. The van der Waals surface area contributed by atoms with Crippen LogP contribution in [-0.2, 0) is 6.54 Å². The number of aromatic amines is 1. The predicted molar refractivity (Wildman–Crippen MR) is 65.4 cm³/mol. The maximum absolute atomic E-state index is 4.17. The molecule has 2 heterocycles. The molecule has 1 aliphatic rings. The van der Waals surface area contributed by atoms with E-state index in [0.29, 0.717) is 5.92 Å². The molecule has 4 heteroatoms. The molecule has 0 bridgehead atoms. The van der Waals surface area contributed by atoms with E-state index in [1.165, 1.54) is 24.2 Å². The van der Waals surface area contributed by atoms with Crippen molar-refractivity contribution in [3.05, 3.63) is 17.5 Å². The number of H-pyrrole nitrogens is 1. The van der Waals surface area contributed by atoms with Crippen molar-refractivity contribution in [2.45, 2.75) is 32.7 Å². The lowest BCUT2D eigenvalue weighted by molar-refractivity contribution is 0.283. The normalized spacial score (nSPS) is 18.9. The van der Waals surface area contributed by atoms with E-state index in [1.54, 1.807) is 0 Å². The lowest BCUT2D eigenvalue weighted by Gasteiger charge is -2.19. The highest BCUT2D eigenvalue weighted by molar-refractivity contribution is 5.19. The first-order chi connectivity index (χ1) is 7.77. The van der Waals surface area contributed by atoms with Crippen LogP contribution in [0.1, 0.15) is 37.4 Å². The molecule has 0 radical (unpaired) electrons. The van der Waals surface area contributed by atoms with Crippen molar-refractivity contribution in [1.82, 2.24) is 20.4 Å². The molecule has 2 N–H and O–H groups in total. The quantitative estimate of drug-likeness (QED) is 0.811. The molecular formula is C12H22N4. The van der Waals surface area contributed by atoms with Gasteiger partial charge >= 0.3 is 0 Å². The fourth-order valence-corrected chi connectivity index (χ4v) is 2.25. The Kier molecular flexibility index (Phi) is 3.96. The number of nitrogens with zero attached hydrogens (tertiary/aromatic N) is 2. The molecular weight excluding hydrogens is 200 g/mol. The van der Waals surface area contributed by atoms with Crippen molar-refractivity contribution in [1.29, 1.82) is 0 Å². The lowest BCUT2D eigenvalue weighted by Crippen LogP contribution is -2.27. The molecule has 0 aliphatic carbocycles. The second-order valence-corrected chi connectivity index (χ2v) is 4.84. The molecule has 2 rings (SSSR count). The third-order valence-electron chi connectivity index (χ3n) is 3.16. The van der Waals surface area contributed by atoms with Crippen LogP contribution >= 0.6 is 0 Å². The van der Waals surface area contributed by atoms with Crippen molar-refractivity contribution in [2.24, 2.45) is 0 Å². The molecule has 0 amide bonds. The number of hydrogen-bond donors (Lipinski definition) is 2. The molecule has 0 saturated carbocycles. The van der Waals surface area contributed by atoms with E-state index < -0.39 is 0 Å². The van der Waals surface area contributed by atoms with Gasteiger partial charge in [-0.05, 0) is 25.4 Å². The molecule has 0 aromatic carbocycles. The first-order valence-electron chi connectivity index (χ1n) is 6.22. The van der Waals surface area contributed by atoms with Crippen LogP contribution < -0.4 is 5.32 Å². The average molecular weight is 222 g/mol. The van der Waals surface area contributed by atoms with Gasteiger partial charge in [0.2, 0.25) is 0 Å². The largest absolute Gasteiger partial charge is 0.315 e. The number of nitrogens with one attached hydrogen (secondary N) is 2. The summed E-state index contributed by atoms with van der Waals surface area (Å²) in [5.41, 5.74) is 2.65. The van der Waals surface area contributed by atoms with Crippen LogP contribution in [0.25, 0.3) is 0 Å². The number of rotatable bonds is 3. The van der Waals surface area contributed by atoms with Crippen molar-refractivity contribution < 1.29 is 0 Å². The Labute approximate surface area is 97.4 Å². The van der Waals surface area contributed by atoms with Gasteiger partial charge in [0.1, 0.15) is 0 Å². The summed E-state index contributed by atoms with van der Waals surface area (Å²) in [6.45, 7) is 10.0. The summed E-state index contributed by atoms with van der Waals surface area (Å²) in [5.74, 6) is 0.530. The minimum atomic E-state index is 0.530. The van der Waals surface area contributed by atoms with Gasteiger partial charge in [-0.25, -0.2) is 0 Å². The van der Waals surface area contributed by atoms with Crippen molar-refractivity contribution in [2.75, 3.05) is 26.2 Å². The van der Waals surface area contributed by atoms with E-state index in [4.69, 9.17) is 0 Å². The van der Waals surface area contributed by atoms with E-state index in [9.17, 15) is 0 Å². The van der Waals surface area contributed by atoms with Crippen LogP contribution in [0.15, 0.2) is 6.20 Å². The molecule has 90 valence electrons. The highest BCUT2D eigenvalue weighted by Gasteiger charge is 2.14. The third kappa shape index (κ3) is 2.83. The van der Waals surface area contributed by atoms with Crippen LogP contribution in [0.5, 0.6) is 0 Å². The van der Waals surface area contributed by atoms with Gasteiger partial charge < -0.3 is 5.32 Å². The Bertz CT molecular complexity index is 311. The molecule has 0 atom stereocenters. The van der Waals surface area contributed by atoms with E-state index in [-0.39, 0.29) is 0 Å². The van der Waals surface area contributed by atoms with Crippen LogP contribution in [-0.4, -0.2) is 41.3 Å². The zero-order valence-electron chi connectivity index (χ0n) is 10.3. The highest BCUT2D eigenvalue weighted by Crippen LogP contribution is 2.17. The van der Waals surface area contributed by atoms with Crippen molar-refractivity contribution in [3.8, 4) is 0 Å². The molecule has 0 unspecified atom stereocenters. The lowest BCUT2D eigenvalue weighted by atomic mass is 10.1. The standard InChI is InChI=1S/C12H22N4/c1-10(2)12-11(8-14-15-12)9-16-6-3-4-13-5-7-16/h8,10,13H,3-7,9H2,1-2H3,(H,14,15). The summed E-state index contributed by atoms with van der Waals surface area (Å²) in [7, 11) is 0. The smallest absolute Gasteiger partial charge is 0.0535 e. The van der Waals surface area contributed by atoms with Crippen LogP contribution in [0.2, 0.25) is 0 Å². The topological polar surface area (TPSA) is 44.0 Å². The van der Waals surface area contributed by atoms with Gasteiger partial charge in [0, 0.05) is 30.9 Å². The monoisotopic (exact) mass is 222 g/mol. The minimum absolute atomic E-state index is 0.530. The molecule has 1 saturated heterocycles. The molecule has 4 nitrogen and oxygen atoms in total.